The van der Waals surface area contributed by atoms with Crippen molar-refractivity contribution in [3.63, 3.8) is 0 Å². The molecule has 0 aliphatic heterocycles. The second kappa shape index (κ2) is 4.67. The first-order chi connectivity index (χ1) is 8.06. The van der Waals surface area contributed by atoms with Gasteiger partial charge in [-0.2, -0.15) is 0 Å². The van der Waals surface area contributed by atoms with Crippen LogP contribution in [-0.2, 0) is 0 Å². The molecule has 1 aliphatic rings. The van der Waals surface area contributed by atoms with Crippen LogP contribution in [0, 0.1) is 6.92 Å². The highest BCUT2D eigenvalue weighted by Gasteiger charge is 2.38. The van der Waals surface area contributed by atoms with Gasteiger partial charge in [-0.1, -0.05) is 17.7 Å². The van der Waals surface area contributed by atoms with E-state index in [4.69, 9.17) is 11.6 Å². The van der Waals surface area contributed by atoms with Crippen LogP contribution in [0.4, 0.5) is 0 Å². The molecule has 2 rings (SSSR count). The molecule has 0 atom stereocenters. The number of nitrogens with one attached hydrogen (secondary N) is 1. The van der Waals surface area contributed by atoms with Crippen LogP contribution in [0.15, 0.2) is 18.2 Å². The molecule has 0 spiro atoms. The van der Waals surface area contributed by atoms with E-state index < -0.39 is 5.54 Å². The Morgan fingerprint density at radius 3 is 2.71 bits per heavy atom. The number of amides is 1. The summed E-state index contributed by atoms with van der Waals surface area (Å²) in [6, 6.07) is 5.34. The predicted molar refractivity (Wildman–Crippen MR) is 67.3 cm³/mol. The first-order valence-electron chi connectivity index (χ1n) is 5.76. The van der Waals surface area contributed by atoms with E-state index in [1.807, 2.05) is 13.0 Å². The van der Waals surface area contributed by atoms with Gasteiger partial charge in [0, 0.05) is 0 Å². The molecule has 0 bridgehead atoms. The SMILES string of the molecule is Cc1ccc(C(=O)NC2(CO)CCC2)c(Cl)c1. The zero-order valence-corrected chi connectivity index (χ0v) is 10.5. The Morgan fingerprint density at radius 2 is 2.24 bits per heavy atom. The third-order valence-electron chi connectivity index (χ3n) is 3.36. The van der Waals surface area contributed by atoms with E-state index in [0.29, 0.717) is 10.6 Å². The summed E-state index contributed by atoms with van der Waals surface area (Å²) in [6.07, 6.45) is 2.71. The maximum atomic E-state index is 12.0. The molecule has 4 heteroatoms. The number of rotatable bonds is 3. The average Bonchev–Trinajstić information content (AvgIpc) is 2.23. The van der Waals surface area contributed by atoms with E-state index in [9.17, 15) is 9.90 Å². The second-order valence-electron chi connectivity index (χ2n) is 4.73. The van der Waals surface area contributed by atoms with Gasteiger partial charge in [0.2, 0.25) is 0 Å². The van der Waals surface area contributed by atoms with Crippen LogP contribution in [0.1, 0.15) is 35.2 Å². The number of aliphatic hydroxyl groups is 1. The van der Waals surface area contributed by atoms with Crippen molar-refractivity contribution in [2.75, 3.05) is 6.61 Å². The van der Waals surface area contributed by atoms with Crippen molar-refractivity contribution in [2.24, 2.45) is 0 Å². The maximum absolute atomic E-state index is 12.0. The van der Waals surface area contributed by atoms with Crippen molar-refractivity contribution in [2.45, 2.75) is 31.7 Å². The number of aryl methyl sites for hydroxylation is 1. The highest BCUT2D eigenvalue weighted by atomic mass is 35.5. The smallest absolute Gasteiger partial charge is 0.253 e. The summed E-state index contributed by atoms with van der Waals surface area (Å²) in [5.74, 6) is -0.205. The Kier molecular flexibility index (Phi) is 3.40. The molecule has 3 nitrogen and oxygen atoms in total. The van der Waals surface area contributed by atoms with Gasteiger partial charge in [0.15, 0.2) is 0 Å². The molecule has 0 unspecified atom stereocenters. The first kappa shape index (κ1) is 12.4. The van der Waals surface area contributed by atoms with Crippen LogP contribution in [0.2, 0.25) is 5.02 Å². The van der Waals surface area contributed by atoms with Crippen molar-refractivity contribution in [3.05, 3.63) is 34.3 Å². The van der Waals surface area contributed by atoms with Gasteiger partial charge in [0.25, 0.3) is 5.91 Å². The van der Waals surface area contributed by atoms with E-state index in [1.54, 1.807) is 12.1 Å². The zero-order valence-electron chi connectivity index (χ0n) is 9.79. The molecule has 1 amide bonds. The molecular weight excluding hydrogens is 238 g/mol. The van der Waals surface area contributed by atoms with Gasteiger partial charge in [0.05, 0.1) is 22.7 Å². The molecule has 1 aromatic carbocycles. The molecule has 1 fully saturated rings. The lowest BCUT2D eigenvalue weighted by Gasteiger charge is -2.41. The molecule has 17 heavy (non-hydrogen) atoms. The summed E-state index contributed by atoms with van der Waals surface area (Å²) >= 11 is 6.03. The third-order valence-corrected chi connectivity index (χ3v) is 3.67. The number of carbonyl (C=O) groups excluding carboxylic acids is 1. The molecular formula is C13H16ClNO2. The molecule has 0 radical (unpaired) electrons. The summed E-state index contributed by atoms with van der Waals surface area (Å²) in [5.41, 5.74) is 1.06. The van der Waals surface area contributed by atoms with E-state index in [0.717, 1.165) is 24.8 Å². The van der Waals surface area contributed by atoms with Gasteiger partial charge in [-0.15, -0.1) is 0 Å². The topological polar surface area (TPSA) is 49.3 Å². The van der Waals surface area contributed by atoms with Crippen molar-refractivity contribution in [1.82, 2.24) is 5.32 Å². The summed E-state index contributed by atoms with van der Waals surface area (Å²) in [5, 5.41) is 12.6. The van der Waals surface area contributed by atoms with Crippen LogP contribution >= 0.6 is 11.6 Å². The Morgan fingerprint density at radius 1 is 1.53 bits per heavy atom. The first-order valence-corrected chi connectivity index (χ1v) is 6.14. The fourth-order valence-corrected chi connectivity index (χ4v) is 2.36. The lowest BCUT2D eigenvalue weighted by molar-refractivity contribution is 0.0642. The Bertz CT molecular complexity index is 436. The monoisotopic (exact) mass is 253 g/mol. The van der Waals surface area contributed by atoms with Crippen molar-refractivity contribution in [1.29, 1.82) is 0 Å². The lowest BCUT2D eigenvalue weighted by Crippen LogP contribution is -2.56. The predicted octanol–water partition coefficient (Wildman–Crippen LogP) is 2.29. The average molecular weight is 254 g/mol. The Hall–Kier alpha value is -1.06. The van der Waals surface area contributed by atoms with E-state index in [2.05, 4.69) is 5.32 Å². The normalized spacial score (nSPS) is 17.4. The number of hydrogen-bond acceptors (Lipinski definition) is 2. The minimum absolute atomic E-state index is 0.0117. The van der Waals surface area contributed by atoms with Gasteiger partial charge >= 0.3 is 0 Å². The largest absolute Gasteiger partial charge is 0.394 e. The molecule has 0 saturated heterocycles. The number of hydrogen-bond donors (Lipinski definition) is 2. The van der Waals surface area contributed by atoms with Gasteiger partial charge in [-0.25, -0.2) is 0 Å². The fourth-order valence-electron chi connectivity index (χ4n) is 2.04. The number of aliphatic hydroxyl groups excluding tert-OH is 1. The molecule has 0 aromatic heterocycles. The van der Waals surface area contributed by atoms with Crippen LogP contribution in [0.3, 0.4) is 0 Å². The van der Waals surface area contributed by atoms with Crippen molar-refractivity contribution in [3.8, 4) is 0 Å². The van der Waals surface area contributed by atoms with Gasteiger partial charge in [0.1, 0.15) is 0 Å². The van der Waals surface area contributed by atoms with Gasteiger partial charge in [-0.05, 0) is 43.9 Å². The molecule has 1 aromatic rings. The highest BCUT2D eigenvalue weighted by Crippen LogP contribution is 2.32. The quantitative estimate of drug-likeness (QED) is 0.868. The number of benzene rings is 1. The molecule has 1 aliphatic carbocycles. The summed E-state index contributed by atoms with van der Waals surface area (Å²) in [7, 11) is 0. The minimum atomic E-state index is -0.425. The Labute approximate surface area is 106 Å². The lowest BCUT2D eigenvalue weighted by atomic mass is 9.77. The van der Waals surface area contributed by atoms with Crippen LogP contribution in [-0.4, -0.2) is 23.2 Å². The second-order valence-corrected chi connectivity index (χ2v) is 5.14. The van der Waals surface area contributed by atoms with Crippen molar-refractivity contribution >= 4 is 17.5 Å². The minimum Gasteiger partial charge on any atom is -0.394 e. The molecule has 0 heterocycles. The fraction of sp³-hybridized carbons (Fsp3) is 0.462. The highest BCUT2D eigenvalue weighted by molar-refractivity contribution is 6.33. The maximum Gasteiger partial charge on any atom is 0.253 e. The van der Waals surface area contributed by atoms with Gasteiger partial charge in [-0.3, -0.25) is 4.79 Å². The number of carbonyl (C=O) groups is 1. The van der Waals surface area contributed by atoms with Gasteiger partial charge < -0.3 is 10.4 Å². The standard InChI is InChI=1S/C13H16ClNO2/c1-9-3-4-10(11(14)7-9)12(17)15-13(8-16)5-2-6-13/h3-4,7,16H,2,5-6,8H2,1H3,(H,15,17). The third kappa shape index (κ3) is 2.45. The summed E-state index contributed by atoms with van der Waals surface area (Å²) in [4.78, 5) is 12.0. The van der Waals surface area contributed by atoms with Crippen LogP contribution in [0.5, 0.6) is 0 Å². The summed E-state index contributed by atoms with van der Waals surface area (Å²) < 4.78 is 0. The van der Waals surface area contributed by atoms with Crippen LogP contribution < -0.4 is 5.32 Å². The van der Waals surface area contributed by atoms with E-state index >= 15 is 0 Å². The molecule has 92 valence electrons. The van der Waals surface area contributed by atoms with E-state index in [-0.39, 0.29) is 12.5 Å². The van der Waals surface area contributed by atoms with E-state index in [1.165, 1.54) is 0 Å². The Balaban J connectivity index is 2.14. The molecule has 2 N–H and O–H groups in total. The van der Waals surface area contributed by atoms with Crippen molar-refractivity contribution < 1.29 is 9.90 Å². The van der Waals surface area contributed by atoms with Crippen LogP contribution in [0.25, 0.3) is 0 Å². The molecule has 1 saturated carbocycles. The number of halogens is 1. The summed E-state index contributed by atoms with van der Waals surface area (Å²) in [6.45, 7) is 1.91. The zero-order chi connectivity index (χ0) is 12.5.